The van der Waals surface area contributed by atoms with Crippen molar-refractivity contribution in [1.82, 2.24) is 0 Å². The Labute approximate surface area is 169 Å². The Kier molecular flexibility index (Phi) is 4.61. The van der Waals surface area contributed by atoms with Crippen molar-refractivity contribution in [3.05, 3.63) is 86.9 Å². The molecule has 4 rings (SSSR count). The minimum Gasteiger partial charge on any atom is -0.454 e. The van der Waals surface area contributed by atoms with Crippen LogP contribution in [-0.4, -0.2) is 16.7 Å². The molecule has 2 N–H and O–H groups in total. The third kappa shape index (κ3) is 3.61. The van der Waals surface area contributed by atoms with Gasteiger partial charge in [0.2, 0.25) is 0 Å². The first-order valence-corrected chi connectivity index (χ1v) is 8.78. The summed E-state index contributed by atoms with van der Waals surface area (Å²) in [7, 11) is 0. The van der Waals surface area contributed by atoms with E-state index in [1.54, 1.807) is 24.3 Å². The number of nitro groups is 1. The van der Waals surface area contributed by atoms with Crippen molar-refractivity contribution in [2.75, 3.05) is 10.6 Å². The SMILES string of the molecule is O=C1Nc2cc(Cl)ccc2Oc2ccc(NC(=O)c3ccccc3[N+](=O)[O-])cc21. The number of nitrogens with zero attached hydrogens (tertiary/aromatic N) is 1. The van der Waals surface area contributed by atoms with Crippen LogP contribution in [0.15, 0.2) is 60.7 Å². The number of ether oxygens (including phenoxy) is 1. The van der Waals surface area contributed by atoms with E-state index in [2.05, 4.69) is 10.6 Å². The molecular formula is C20H12ClN3O5. The van der Waals surface area contributed by atoms with Crippen LogP contribution in [-0.2, 0) is 0 Å². The van der Waals surface area contributed by atoms with Gasteiger partial charge in [-0.1, -0.05) is 23.7 Å². The average molecular weight is 410 g/mol. The first-order valence-electron chi connectivity index (χ1n) is 8.40. The van der Waals surface area contributed by atoms with Crippen molar-refractivity contribution >= 4 is 40.5 Å². The number of halogens is 1. The number of fused-ring (bicyclic) bond motifs is 2. The van der Waals surface area contributed by atoms with E-state index in [1.165, 1.54) is 36.4 Å². The third-order valence-corrected chi connectivity index (χ3v) is 4.47. The monoisotopic (exact) mass is 409 g/mol. The van der Waals surface area contributed by atoms with Crippen LogP contribution in [0.2, 0.25) is 5.02 Å². The predicted molar refractivity (Wildman–Crippen MR) is 107 cm³/mol. The number of para-hydroxylation sites is 1. The molecule has 0 atom stereocenters. The highest BCUT2D eigenvalue weighted by Crippen LogP contribution is 2.38. The van der Waals surface area contributed by atoms with E-state index in [0.29, 0.717) is 22.2 Å². The molecule has 1 heterocycles. The van der Waals surface area contributed by atoms with E-state index in [9.17, 15) is 19.7 Å². The van der Waals surface area contributed by atoms with Crippen LogP contribution in [0.25, 0.3) is 0 Å². The molecule has 0 fully saturated rings. The molecule has 0 aliphatic carbocycles. The zero-order chi connectivity index (χ0) is 20.5. The molecule has 3 aromatic rings. The lowest BCUT2D eigenvalue weighted by Crippen LogP contribution is -2.15. The Bertz CT molecular complexity index is 1180. The summed E-state index contributed by atoms with van der Waals surface area (Å²) in [6, 6.07) is 15.0. The van der Waals surface area contributed by atoms with Crippen molar-refractivity contribution in [3.63, 3.8) is 0 Å². The number of nitro benzene ring substituents is 1. The maximum Gasteiger partial charge on any atom is 0.282 e. The zero-order valence-corrected chi connectivity index (χ0v) is 15.4. The lowest BCUT2D eigenvalue weighted by Gasteiger charge is -2.10. The summed E-state index contributed by atoms with van der Waals surface area (Å²) in [5, 5.41) is 16.9. The van der Waals surface area contributed by atoms with Gasteiger partial charge in [-0.05, 0) is 42.5 Å². The number of hydrogen-bond donors (Lipinski definition) is 2. The quantitative estimate of drug-likeness (QED) is 0.474. The van der Waals surface area contributed by atoms with E-state index < -0.39 is 16.7 Å². The van der Waals surface area contributed by atoms with Crippen LogP contribution in [0.5, 0.6) is 11.5 Å². The van der Waals surface area contributed by atoms with E-state index in [-0.39, 0.29) is 22.5 Å². The van der Waals surface area contributed by atoms with Crippen LogP contribution < -0.4 is 15.4 Å². The van der Waals surface area contributed by atoms with Crippen LogP contribution in [0, 0.1) is 10.1 Å². The van der Waals surface area contributed by atoms with E-state index in [0.717, 1.165) is 0 Å². The number of anilines is 2. The first-order chi connectivity index (χ1) is 13.9. The fraction of sp³-hybridized carbons (Fsp3) is 0. The number of nitrogens with one attached hydrogen (secondary N) is 2. The Hall–Kier alpha value is -3.91. The maximum absolute atomic E-state index is 12.6. The maximum atomic E-state index is 12.6. The number of rotatable bonds is 3. The van der Waals surface area contributed by atoms with Gasteiger partial charge in [0.25, 0.3) is 17.5 Å². The van der Waals surface area contributed by atoms with Gasteiger partial charge in [0.15, 0.2) is 5.75 Å². The van der Waals surface area contributed by atoms with Crippen molar-refractivity contribution in [2.45, 2.75) is 0 Å². The normalized spacial score (nSPS) is 12.0. The average Bonchev–Trinajstić information content (AvgIpc) is 2.83. The number of amides is 2. The van der Waals surface area contributed by atoms with Gasteiger partial charge in [-0.15, -0.1) is 0 Å². The molecule has 1 aliphatic rings. The van der Waals surface area contributed by atoms with Crippen molar-refractivity contribution < 1.29 is 19.2 Å². The van der Waals surface area contributed by atoms with E-state index >= 15 is 0 Å². The molecule has 0 aromatic heterocycles. The number of benzene rings is 3. The highest BCUT2D eigenvalue weighted by atomic mass is 35.5. The minimum absolute atomic E-state index is 0.0878. The second-order valence-corrected chi connectivity index (χ2v) is 6.57. The smallest absolute Gasteiger partial charge is 0.282 e. The highest BCUT2D eigenvalue weighted by molar-refractivity contribution is 6.31. The highest BCUT2D eigenvalue weighted by Gasteiger charge is 2.23. The third-order valence-electron chi connectivity index (χ3n) is 4.24. The largest absolute Gasteiger partial charge is 0.454 e. The number of hydrogen-bond acceptors (Lipinski definition) is 5. The van der Waals surface area contributed by atoms with Gasteiger partial charge < -0.3 is 15.4 Å². The van der Waals surface area contributed by atoms with Gasteiger partial charge in [0.1, 0.15) is 11.3 Å². The number of carbonyl (C=O) groups excluding carboxylic acids is 2. The van der Waals surface area contributed by atoms with Crippen LogP contribution in [0.3, 0.4) is 0 Å². The second-order valence-electron chi connectivity index (χ2n) is 6.14. The summed E-state index contributed by atoms with van der Waals surface area (Å²) in [5.41, 5.74) is 0.500. The molecule has 144 valence electrons. The molecule has 0 unspecified atom stereocenters. The molecule has 0 radical (unpaired) electrons. The predicted octanol–water partition coefficient (Wildman–Crippen LogP) is 4.86. The Morgan fingerprint density at radius 3 is 2.62 bits per heavy atom. The molecular weight excluding hydrogens is 398 g/mol. The topological polar surface area (TPSA) is 111 Å². The van der Waals surface area contributed by atoms with Crippen molar-refractivity contribution in [1.29, 1.82) is 0 Å². The summed E-state index contributed by atoms with van der Waals surface area (Å²) in [5.74, 6) is -0.379. The van der Waals surface area contributed by atoms with Crippen molar-refractivity contribution in [2.24, 2.45) is 0 Å². The lowest BCUT2D eigenvalue weighted by atomic mass is 10.1. The molecule has 3 aromatic carbocycles. The fourth-order valence-electron chi connectivity index (χ4n) is 2.89. The summed E-state index contributed by atoms with van der Waals surface area (Å²) >= 11 is 5.96. The molecule has 0 saturated carbocycles. The summed E-state index contributed by atoms with van der Waals surface area (Å²) < 4.78 is 5.78. The van der Waals surface area contributed by atoms with Gasteiger partial charge in [0, 0.05) is 16.8 Å². The zero-order valence-electron chi connectivity index (χ0n) is 14.6. The second kappa shape index (κ2) is 7.25. The van der Waals surface area contributed by atoms with E-state index in [1.807, 2.05) is 0 Å². The Balaban J connectivity index is 1.64. The molecule has 29 heavy (non-hydrogen) atoms. The molecule has 9 heteroatoms. The van der Waals surface area contributed by atoms with Gasteiger partial charge >= 0.3 is 0 Å². The fourth-order valence-corrected chi connectivity index (χ4v) is 3.07. The van der Waals surface area contributed by atoms with E-state index in [4.69, 9.17) is 16.3 Å². The van der Waals surface area contributed by atoms with Crippen molar-refractivity contribution in [3.8, 4) is 11.5 Å². The first kappa shape index (κ1) is 18.5. The molecule has 8 nitrogen and oxygen atoms in total. The molecule has 0 bridgehead atoms. The van der Waals surface area contributed by atoms with Gasteiger partial charge in [-0.25, -0.2) is 0 Å². The van der Waals surface area contributed by atoms with Gasteiger partial charge in [-0.2, -0.15) is 0 Å². The Morgan fingerprint density at radius 2 is 1.83 bits per heavy atom. The van der Waals surface area contributed by atoms with Crippen LogP contribution >= 0.6 is 11.6 Å². The standard InChI is InChI=1S/C20H12ClN3O5/c21-11-5-7-18-15(9-11)23-20(26)14-10-12(6-8-17(14)29-18)22-19(25)13-3-1-2-4-16(13)24(27)28/h1-10H,(H,22,25)(H,23,26). The summed E-state index contributed by atoms with van der Waals surface area (Å²) in [6.07, 6.45) is 0. The van der Waals surface area contributed by atoms with Gasteiger partial charge in [-0.3, -0.25) is 19.7 Å². The Morgan fingerprint density at radius 1 is 1.07 bits per heavy atom. The molecule has 1 aliphatic heterocycles. The van der Waals surface area contributed by atoms with Crippen LogP contribution in [0.1, 0.15) is 20.7 Å². The van der Waals surface area contributed by atoms with Crippen LogP contribution in [0.4, 0.5) is 17.1 Å². The molecule has 0 spiro atoms. The molecule has 2 amide bonds. The lowest BCUT2D eigenvalue weighted by molar-refractivity contribution is -0.385. The number of carbonyl (C=O) groups is 2. The summed E-state index contributed by atoms with van der Waals surface area (Å²) in [6.45, 7) is 0. The summed E-state index contributed by atoms with van der Waals surface area (Å²) in [4.78, 5) is 35.6. The minimum atomic E-state index is -0.665. The van der Waals surface area contributed by atoms with Gasteiger partial charge in [0.05, 0.1) is 16.2 Å². The molecule has 0 saturated heterocycles.